The van der Waals surface area contributed by atoms with E-state index in [0.29, 0.717) is 19.6 Å². The van der Waals surface area contributed by atoms with Gasteiger partial charge in [-0.1, -0.05) is 29.3 Å². The van der Waals surface area contributed by atoms with Crippen LogP contribution in [-0.2, 0) is 14.8 Å². The molecule has 1 rings (SSSR count). The second kappa shape index (κ2) is 7.31. The fraction of sp³-hybridized carbons (Fsp3) is 0.455. The average molecular weight is 312 g/mol. The normalized spacial score (nSPS) is 11.7. The van der Waals surface area contributed by atoms with Crippen molar-refractivity contribution in [2.45, 2.75) is 18.2 Å². The van der Waals surface area contributed by atoms with E-state index in [0.717, 1.165) is 0 Å². The molecule has 0 saturated carbocycles. The molecule has 0 fully saturated rings. The maximum atomic E-state index is 12.0. The quantitative estimate of drug-likeness (QED) is 0.788. The van der Waals surface area contributed by atoms with Gasteiger partial charge in [0.25, 0.3) is 0 Å². The Hall–Kier alpha value is -0.330. The molecule has 0 atom stereocenters. The van der Waals surface area contributed by atoms with Crippen LogP contribution in [0.5, 0.6) is 0 Å². The molecule has 0 aliphatic rings. The van der Waals surface area contributed by atoms with Crippen LogP contribution in [0.25, 0.3) is 0 Å². The van der Waals surface area contributed by atoms with Crippen molar-refractivity contribution in [3.8, 4) is 0 Å². The summed E-state index contributed by atoms with van der Waals surface area (Å²) in [4.78, 5) is -0.0789. The van der Waals surface area contributed by atoms with Gasteiger partial charge < -0.3 is 4.74 Å². The molecule has 1 aromatic rings. The predicted octanol–water partition coefficient (Wildman–Crippen LogP) is 2.70. The van der Waals surface area contributed by atoms with E-state index in [4.69, 9.17) is 27.9 Å². The number of sulfonamides is 1. The minimum Gasteiger partial charge on any atom is -0.382 e. The smallest absolute Gasteiger partial charge is 0.243 e. The highest BCUT2D eigenvalue weighted by molar-refractivity contribution is 7.89. The summed E-state index contributed by atoms with van der Waals surface area (Å²) in [6.45, 7) is 3.29. The number of hydrogen-bond acceptors (Lipinski definition) is 3. The van der Waals surface area contributed by atoms with Crippen molar-refractivity contribution in [2.75, 3.05) is 19.8 Å². The van der Waals surface area contributed by atoms with E-state index in [1.165, 1.54) is 12.1 Å². The molecule has 18 heavy (non-hydrogen) atoms. The number of ether oxygens (including phenoxy) is 1. The van der Waals surface area contributed by atoms with E-state index in [1.54, 1.807) is 6.07 Å². The Morgan fingerprint density at radius 1 is 1.28 bits per heavy atom. The number of nitrogens with one attached hydrogen (secondary N) is 1. The second-order valence-corrected chi connectivity index (χ2v) is 6.02. The van der Waals surface area contributed by atoms with Gasteiger partial charge in [-0.3, -0.25) is 0 Å². The highest BCUT2D eigenvalue weighted by Gasteiger charge is 2.20. The van der Waals surface area contributed by atoms with Crippen LogP contribution in [0.1, 0.15) is 13.3 Å². The van der Waals surface area contributed by atoms with Gasteiger partial charge in [-0.25, -0.2) is 13.1 Å². The van der Waals surface area contributed by atoms with Gasteiger partial charge in [0.1, 0.15) is 4.90 Å². The largest absolute Gasteiger partial charge is 0.382 e. The number of halogens is 2. The lowest BCUT2D eigenvalue weighted by atomic mass is 10.4. The van der Waals surface area contributed by atoms with Crippen molar-refractivity contribution in [3.05, 3.63) is 28.2 Å². The van der Waals surface area contributed by atoms with Crippen LogP contribution in [0.3, 0.4) is 0 Å². The van der Waals surface area contributed by atoms with Gasteiger partial charge in [-0.05, 0) is 25.5 Å². The summed E-state index contributed by atoms with van der Waals surface area (Å²) < 4.78 is 31.5. The van der Waals surface area contributed by atoms with Crippen molar-refractivity contribution in [3.63, 3.8) is 0 Å². The van der Waals surface area contributed by atoms with Crippen molar-refractivity contribution in [2.24, 2.45) is 0 Å². The summed E-state index contributed by atoms with van der Waals surface area (Å²) in [5, 5.41) is 0.222. The highest BCUT2D eigenvalue weighted by atomic mass is 35.5. The van der Waals surface area contributed by atoms with Crippen LogP contribution in [0, 0.1) is 0 Å². The molecule has 0 unspecified atom stereocenters. The van der Waals surface area contributed by atoms with Crippen molar-refractivity contribution in [1.29, 1.82) is 0 Å². The summed E-state index contributed by atoms with van der Waals surface area (Å²) >= 11 is 11.7. The molecule has 0 spiro atoms. The van der Waals surface area contributed by atoms with Gasteiger partial charge in [0, 0.05) is 19.8 Å². The Morgan fingerprint density at radius 3 is 2.44 bits per heavy atom. The second-order valence-electron chi connectivity index (χ2n) is 3.50. The molecule has 0 saturated heterocycles. The first kappa shape index (κ1) is 15.7. The predicted molar refractivity (Wildman–Crippen MR) is 72.8 cm³/mol. The van der Waals surface area contributed by atoms with Crippen LogP contribution < -0.4 is 4.72 Å². The van der Waals surface area contributed by atoms with Crippen molar-refractivity contribution < 1.29 is 13.2 Å². The van der Waals surface area contributed by atoms with Crippen LogP contribution in [0.15, 0.2) is 23.1 Å². The third-order valence-electron chi connectivity index (χ3n) is 2.15. The zero-order valence-corrected chi connectivity index (χ0v) is 12.3. The van der Waals surface area contributed by atoms with E-state index >= 15 is 0 Å². The third kappa shape index (κ3) is 4.40. The van der Waals surface area contributed by atoms with E-state index in [2.05, 4.69) is 4.72 Å². The maximum Gasteiger partial charge on any atom is 0.243 e. The number of benzene rings is 1. The fourth-order valence-corrected chi connectivity index (χ4v) is 3.55. The zero-order chi connectivity index (χ0) is 13.6. The SMILES string of the molecule is CCOCCCNS(=O)(=O)c1c(Cl)cccc1Cl. The molecule has 0 bridgehead atoms. The van der Waals surface area contributed by atoms with Gasteiger partial charge in [0.2, 0.25) is 10.0 Å². The Labute approximate surface area is 117 Å². The van der Waals surface area contributed by atoms with E-state index < -0.39 is 10.0 Å². The minimum atomic E-state index is -3.68. The lowest BCUT2D eigenvalue weighted by Crippen LogP contribution is -2.26. The average Bonchev–Trinajstić information content (AvgIpc) is 2.28. The Kier molecular flexibility index (Phi) is 6.38. The van der Waals surface area contributed by atoms with Crippen molar-refractivity contribution in [1.82, 2.24) is 4.72 Å². The van der Waals surface area contributed by atoms with Gasteiger partial charge >= 0.3 is 0 Å². The van der Waals surface area contributed by atoms with Crippen LogP contribution in [-0.4, -0.2) is 28.2 Å². The maximum absolute atomic E-state index is 12.0. The summed E-state index contributed by atoms with van der Waals surface area (Å²) in [5.41, 5.74) is 0. The molecule has 0 amide bonds. The summed E-state index contributed by atoms with van der Waals surface area (Å²) in [6.07, 6.45) is 0.592. The summed E-state index contributed by atoms with van der Waals surface area (Å²) in [7, 11) is -3.68. The molecule has 4 nitrogen and oxygen atoms in total. The molecule has 7 heteroatoms. The molecule has 0 aromatic heterocycles. The lowest BCUT2D eigenvalue weighted by molar-refractivity contribution is 0.146. The molecule has 0 aliphatic carbocycles. The molecule has 1 aromatic carbocycles. The molecular weight excluding hydrogens is 297 g/mol. The van der Waals surface area contributed by atoms with Crippen LogP contribution in [0.4, 0.5) is 0 Å². The highest BCUT2D eigenvalue weighted by Crippen LogP contribution is 2.28. The number of hydrogen-bond donors (Lipinski definition) is 1. The van der Waals surface area contributed by atoms with Gasteiger partial charge in [0.05, 0.1) is 10.0 Å². The topological polar surface area (TPSA) is 55.4 Å². The summed E-state index contributed by atoms with van der Waals surface area (Å²) in [5.74, 6) is 0. The Morgan fingerprint density at radius 2 is 1.89 bits per heavy atom. The summed E-state index contributed by atoms with van der Waals surface area (Å²) in [6, 6.07) is 4.57. The molecule has 1 N–H and O–H groups in total. The standard InChI is InChI=1S/C11H15Cl2NO3S/c1-2-17-8-4-7-14-18(15,16)11-9(12)5-3-6-10(11)13/h3,5-6,14H,2,4,7-8H2,1H3. The first-order valence-electron chi connectivity index (χ1n) is 5.50. The van der Waals surface area contributed by atoms with E-state index in [1.807, 2.05) is 6.92 Å². The van der Waals surface area contributed by atoms with Gasteiger partial charge in [0.15, 0.2) is 0 Å². The monoisotopic (exact) mass is 311 g/mol. The van der Waals surface area contributed by atoms with E-state index in [9.17, 15) is 8.42 Å². The van der Waals surface area contributed by atoms with Crippen LogP contribution >= 0.6 is 23.2 Å². The lowest BCUT2D eigenvalue weighted by Gasteiger charge is -2.09. The van der Waals surface area contributed by atoms with Gasteiger partial charge in [-0.2, -0.15) is 0 Å². The van der Waals surface area contributed by atoms with Gasteiger partial charge in [-0.15, -0.1) is 0 Å². The van der Waals surface area contributed by atoms with Crippen LogP contribution in [0.2, 0.25) is 10.0 Å². The fourth-order valence-electron chi connectivity index (χ4n) is 1.34. The Balaban J connectivity index is 2.69. The number of rotatable bonds is 7. The third-order valence-corrected chi connectivity index (χ3v) is 4.56. The molecule has 0 heterocycles. The molecule has 102 valence electrons. The first-order valence-corrected chi connectivity index (χ1v) is 7.74. The minimum absolute atomic E-state index is 0.0789. The van der Waals surface area contributed by atoms with Crippen molar-refractivity contribution >= 4 is 33.2 Å². The molecular formula is C11H15Cl2NO3S. The first-order chi connectivity index (χ1) is 8.49. The Bertz CT molecular complexity index is 471. The molecule has 0 radical (unpaired) electrons. The zero-order valence-electron chi connectivity index (χ0n) is 9.95. The molecule has 0 aliphatic heterocycles. The van der Waals surface area contributed by atoms with E-state index in [-0.39, 0.29) is 21.5 Å².